The monoisotopic (exact) mass is 573 g/mol. The van der Waals surface area contributed by atoms with Gasteiger partial charge in [0.2, 0.25) is 12.7 Å². The number of unbranched alkanes of at least 4 members (excludes halogenated alkanes) is 2. The van der Waals surface area contributed by atoms with Gasteiger partial charge in [-0.2, -0.15) is 0 Å². The first-order chi connectivity index (χ1) is 19.7. The lowest BCUT2D eigenvalue weighted by Gasteiger charge is -2.30. The lowest BCUT2D eigenvalue weighted by atomic mass is 9.84. The molecule has 0 bridgehead atoms. The molecule has 3 atom stereocenters. The molecule has 2 fully saturated rings. The molecule has 4 rings (SSSR count). The Bertz CT molecular complexity index is 1070. The van der Waals surface area contributed by atoms with Gasteiger partial charge in [-0.1, -0.05) is 19.4 Å². The second kappa shape index (κ2) is 14.2. The minimum Gasteiger partial charge on any atom is -0.481 e. The molecular weight excluding hydrogens is 526 g/mol. The largest absolute Gasteiger partial charge is 0.481 e. The van der Waals surface area contributed by atoms with Crippen molar-refractivity contribution in [3.05, 3.63) is 23.8 Å². The van der Waals surface area contributed by atoms with E-state index in [1.807, 2.05) is 23.1 Å². The van der Waals surface area contributed by atoms with Crippen LogP contribution >= 0.6 is 0 Å². The fourth-order valence-corrected chi connectivity index (χ4v) is 6.25. The number of likely N-dealkylation sites (N-methyl/N-ethyl adjacent to an activating group) is 1. The molecule has 41 heavy (non-hydrogen) atoms. The lowest BCUT2D eigenvalue weighted by molar-refractivity contribution is -0.144. The van der Waals surface area contributed by atoms with Crippen LogP contribution in [0.4, 0.5) is 4.79 Å². The minimum atomic E-state index is -0.885. The van der Waals surface area contributed by atoms with Gasteiger partial charge in [-0.25, -0.2) is 4.79 Å². The Balaban J connectivity index is 1.54. The predicted octanol–water partition coefficient (Wildman–Crippen LogP) is 2.61. The quantitative estimate of drug-likeness (QED) is 0.319. The van der Waals surface area contributed by atoms with Gasteiger partial charge < -0.3 is 34.2 Å². The number of amides is 3. The highest BCUT2D eigenvalue weighted by molar-refractivity contribution is 5.79. The van der Waals surface area contributed by atoms with Crippen molar-refractivity contribution in [3.8, 4) is 11.5 Å². The molecule has 3 aliphatic heterocycles. The standard InChI is InChI=1S/C30H47N5O6/c1-5-6-13-33(14-8-7-12-31(2)3)27(36)20-35-19-23(22-9-10-25-26(18-22)41-21-40-25)28(29(37)38)24(35)11-15-34-17-16-32(4)30(34)39/h9-10,18,23-24,28H,5-8,11-17,19-21H2,1-4H3,(H,37,38). The Hall–Kier alpha value is -3.05. The third-order valence-corrected chi connectivity index (χ3v) is 8.61. The average molecular weight is 574 g/mol. The molecule has 2 saturated heterocycles. The number of hydrogen-bond acceptors (Lipinski definition) is 7. The molecule has 3 unspecified atom stereocenters. The topological polar surface area (TPSA) is 106 Å². The van der Waals surface area contributed by atoms with E-state index in [0.717, 1.165) is 37.8 Å². The number of carbonyl (C=O) groups excluding carboxylic acids is 2. The van der Waals surface area contributed by atoms with E-state index >= 15 is 0 Å². The van der Waals surface area contributed by atoms with E-state index in [9.17, 15) is 19.5 Å². The van der Waals surface area contributed by atoms with Crippen molar-refractivity contribution in [3.63, 3.8) is 0 Å². The molecule has 1 aromatic rings. The van der Waals surface area contributed by atoms with Crippen LogP contribution in [-0.2, 0) is 9.59 Å². The highest BCUT2D eigenvalue weighted by Crippen LogP contribution is 2.42. The van der Waals surface area contributed by atoms with Crippen molar-refractivity contribution in [2.75, 3.05) is 80.3 Å². The molecule has 0 spiro atoms. The highest BCUT2D eigenvalue weighted by Gasteiger charge is 2.47. The van der Waals surface area contributed by atoms with Crippen LogP contribution < -0.4 is 9.47 Å². The maximum Gasteiger partial charge on any atom is 0.319 e. The summed E-state index contributed by atoms with van der Waals surface area (Å²) in [7, 11) is 5.88. The first kappa shape index (κ1) is 30.9. The minimum absolute atomic E-state index is 0.0340. The van der Waals surface area contributed by atoms with Crippen LogP contribution in [0.2, 0.25) is 0 Å². The summed E-state index contributed by atoms with van der Waals surface area (Å²) < 4.78 is 11.1. The summed E-state index contributed by atoms with van der Waals surface area (Å²) in [6.45, 7) is 7.02. The van der Waals surface area contributed by atoms with Crippen LogP contribution in [0.15, 0.2) is 18.2 Å². The Morgan fingerprint density at radius 1 is 1.05 bits per heavy atom. The summed E-state index contributed by atoms with van der Waals surface area (Å²) in [5.41, 5.74) is 0.866. The summed E-state index contributed by atoms with van der Waals surface area (Å²) in [6.07, 6.45) is 4.37. The average Bonchev–Trinajstić information content (AvgIpc) is 3.64. The third-order valence-electron chi connectivity index (χ3n) is 8.61. The molecule has 1 N–H and O–H groups in total. The number of nitrogens with zero attached hydrogens (tertiary/aromatic N) is 5. The smallest absolute Gasteiger partial charge is 0.319 e. The number of hydrogen-bond donors (Lipinski definition) is 1. The van der Waals surface area contributed by atoms with Crippen molar-refractivity contribution in [2.45, 2.75) is 51.0 Å². The summed E-state index contributed by atoms with van der Waals surface area (Å²) >= 11 is 0. The molecular formula is C30H47N5O6. The van der Waals surface area contributed by atoms with Crippen molar-refractivity contribution in [1.29, 1.82) is 0 Å². The summed E-state index contributed by atoms with van der Waals surface area (Å²) in [5.74, 6) is -0.611. The molecule has 11 nitrogen and oxygen atoms in total. The lowest BCUT2D eigenvalue weighted by Crippen LogP contribution is -2.46. The van der Waals surface area contributed by atoms with Crippen molar-refractivity contribution in [1.82, 2.24) is 24.5 Å². The van der Waals surface area contributed by atoms with Gasteiger partial charge in [-0.05, 0) is 64.0 Å². The Morgan fingerprint density at radius 2 is 1.78 bits per heavy atom. The zero-order chi connectivity index (χ0) is 29.5. The number of carboxylic acids is 1. The van der Waals surface area contributed by atoms with Crippen molar-refractivity contribution < 1.29 is 29.0 Å². The number of rotatable bonds is 15. The molecule has 228 valence electrons. The second-order valence-corrected chi connectivity index (χ2v) is 11.8. The number of carbonyl (C=O) groups is 3. The zero-order valence-electron chi connectivity index (χ0n) is 25.1. The molecule has 3 heterocycles. The van der Waals surface area contributed by atoms with Crippen LogP contribution in [0.1, 0.15) is 50.5 Å². The Labute approximate surface area is 243 Å². The zero-order valence-corrected chi connectivity index (χ0v) is 25.1. The van der Waals surface area contributed by atoms with Gasteiger partial charge in [0.05, 0.1) is 12.5 Å². The van der Waals surface area contributed by atoms with Gasteiger partial charge in [0.25, 0.3) is 0 Å². The van der Waals surface area contributed by atoms with Crippen LogP contribution in [0.3, 0.4) is 0 Å². The Kier molecular flexibility index (Phi) is 10.7. The number of aliphatic carboxylic acids is 1. The molecule has 3 amide bonds. The number of fused-ring (bicyclic) bond motifs is 1. The first-order valence-corrected chi connectivity index (χ1v) is 15.0. The number of benzene rings is 1. The van der Waals surface area contributed by atoms with Crippen molar-refractivity contribution in [2.24, 2.45) is 5.92 Å². The van der Waals surface area contributed by atoms with Crippen LogP contribution in [0.5, 0.6) is 11.5 Å². The number of urea groups is 1. The SMILES string of the molecule is CCCCN(CCCCN(C)C)C(=O)CN1CC(c2ccc3c(c2)OCO3)C(C(=O)O)C1CCN1CCN(C)C1=O. The summed E-state index contributed by atoms with van der Waals surface area (Å²) in [6, 6.07) is 5.20. The number of carboxylic acid groups (broad SMARTS) is 1. The maximum atomic E-state index is 13.7. The normalized spacial score (nSPS) is 22.3. The van der Waals surface area contributed by atoms with Gasteiger partial charge in [0, 0.05) is 58.3 Å². The van der Waals surface area contributed by atoms with Gasteiger partial charge in [0.1, 0.15) is 0 Å². The number of likely N-dealkylation sites (tertiary alicyclic amines) is 1. The molecule has 0 aliphatic carbocycles. The van der Waals surface area contributed by atoms with Gasteiger partial charge in [-0.15, -0.1) is 0 Å². The Morgan fingerprint density at radius 3 is 2.46 bits per heavy atom. The predicted molar refractivity (Wildman–Crippen MR) is 155 cm³/mol. The second-order valence-electron chi connectivity index (χ2n) is 11.8. The van der Waals surface area contributed by atoms with Crippen LogP contribution in [0.25, 0.3) is 0 Å². The first-order valence-electron chi connectivity index (χ1n) is 15.0. The van der Waals surface area contributed by atoms with E-state index in [1.54, 1.807) is 16.8 Å². The third kappa shape index (κ3) is 7.62. The van der Waals surface area contributed by atoms with Crippen molar-refractivity contribution >= 4 is 17.9 Å². The van der Waals surface area contributed by atoms with Crippen LogP contribution in [-0.4, -0.2) is 134 Å². The van der Waals surface area contributed by atoms with E-state index in [0.29, 0.717) is 57.2 Å². The van der Waals surface area contributed by atoms with Gasteiger partial charge >= 0.3 is 12.0 Å². The van der Waals surface area contributed by atoms with E-state index in [2.05, 4.69) is 30.8 Å². The highest BCUT2D eigenvalue weighted by atomic mass is 16.7. The van der Waals surface area contributed by atoms with E-state index in [-0.39, 0.29) is 37.2 Å². The fraction of sp³-hybridized carbons (Fsp3) is 0.700. The van der Waals surface area contributed by atoms with E-state index < -0.39 is 11.9 Å². The fourth-order valence-electron chi connectivity index (χ4n) is 6.25. The molecule has 0 saturated carbocycles. The summed E-state index contributed by atoms with van der Waals surface area (Å²) in [4.78, 5) is 48.7. The maximum absolute atomic E-state index is 13.7. The molecule has 0 aromatic heterocycles. The van der Waals surface area contributed by atoms with Gasteiger partial charge in [-0.3, -0.25) is 14.5 Å². The molecule has 3 aliphatic rings. The van der Waals surface area contributed by atoms with E-state index in [1.165, 1.54) is 0 Å². The number of ether oxygens (including phenoxy) is 2. The van der Waals surface area contributed by atoms with Gasteiger partial charge in [0.15, 0.2) is 11.5 Å². The van der Waals surface area contributed by atoms with Crippen LogP contribution in [0, 0.1) is 5.92 Å². The molecule has 0 radical (unpaired) electrons. The molecule has 11 heteroatoms. The van der Waals surface area contributed by atoms with E-state index in [4.69, 9.17) is 9.47 Å². The molecule has 1 aromatic carbocycles. The summed E-state index contributed by atoms with van der Waals surface area (Å²) in [5, 5.41) is 10.5.